The van der Waals surface area contributed by atoms with Crippen LogP contribution in [0.3, 0.4) is 0 Å². The number of hydrogen-bond acceptors (Lipinski definition) is 4. The lowest BCUT2D eigenvalue weighted by atomic mass is 9.89. The lowest BCUT2D eigenvalue weighted by Gasteiger charge is -2.37. The van der Waals surface area contributed by atoms with Crippen LogP contribution in [-0.4, -0.2) is 35.2 Å². The molecular weight excluding hydrogens is 674 g/mol. The smallest absolute Gasteiger partial charge is 0.430 e. The molecule has 3 rings (SSSR count). The number of aliphatic hydroxyl groups is 1. The Balaban J connectivity index is 2.13. The summed E-state index contributed by atoms with van der Waals surface area (Å²) in [6.07, 6.45) is -11.1. The predicted molar refractivity (Wildman–Crippen MR) is 148 cm³/mol. The van der Waals surface area contributed by atoms with Crippen molar-refractivity contribution in [3.8, 4) is 5.75 Å². The molecule has 0 fully saturated rings. The molecule has 40 heavy (non-hydrogen) atoms. The number of aryl methyl sites for hydroxylation is 1. The third-order valence-corrected chi connectivity index (χ3v) is 7.14. The van der Waals surface area contributed by atoms with Crippen LogP contribution in [0, 0.1) is 10.5 Å². The van der Waals surface area contributed by atoms with Gasteiger partial charge in [-0.25, -0.2) is 0 Å². The number of amides is 2. The predicted octanol–water partition coefficient (Wildman–Crippen LogP) is 6.83. The molecule has 214 valence electrons. The Hall–Kier alpha value is -2.97. The number of rotatable bonds is 8. The van der Waals surface area contributed by atoms with Gasteiger partial charge >= 0.3 is 12.3 Å². The Labute approximate surface area is 245 Å². The van der Waals surface area contributed by atoms with E-state index in [1.54, 1.807) is 19.9 Å². The maximum Gasteiger partial charge on any atom is 0.441 e. The summed E-state index contributed by atoms with van der Waals surface area (Å²) in [7, 11) is 0. The zero-order valence-electron chi connectivity index (χ0n) is 21.2. The van der Waals surface area contributed by atoms with Crippen LogP contribution in [0.4, 0.5) is 27.6 Å². The number of ether oxygens (including phenoxy) is 1. The summed E-state index contributed by atoms with van der Waals surface area (Å²) in [5.41, 5.74) is -0.630. The van der Waals surface area contributed by atoms with Crippen molar-refractivity contribution < 1.29 is 41.4 Å². The van der Waals surface area contributed by atoms with Crippen molar-refractivity contribution in [3.05, 3.63) is 91.5 Å². The maximum atomic E-state index is 15.1. The number of primary amides is 1. The number of carbonyl (C=O) groups is 2. The van der Waals surface area contributed by atoms with Crippen LogP contribution < -0.4 is 15.4 Å². The molecule has 13 heteroatoms. The number of anilines is 1. The number of benzene rings is 3. The summed E-state index contributed by atoms with van der Waals surface area (Å²) in [5.74, 6) is -2.22. The topological polar surface area (TPSA) is 92.9 Å². The summed E-state index contributed by atoms with van der Waals surface area (Å²) in [6, 6.07) is 10.3. The van der Waals surface area contributed by atoms with E-state index in [2.05, 4.69) is 4.74 Å². The fraction of sp³-hybridized carbons (Fsp3) is 0.259. The second kappa shape index (κ2) is 11.5. The molecule has 3 aromatic carbocycles. The molecule has 6 nitrogen and oxygen atoms in total. The van der Waals surface area contributed by atoms with Gasteiger partial charge in [0.15, 0.2) is 0 Å². The van der Waals surface area contributed by atoms with Gasteiger partial charge < -0.3 is 20.5 Å². The summed E-state index contributed by atoms with van der Waals surface area (Å²) in [6.45, 7) is 4.53. The molecule has 0 aliphatic carbocycles. The van der Waals surface area contributed by atoms with Crippen molar-refractivity contribution in [3.63, 3.8) is 0 Å². The van der Waals surface area contributed by atoms with Gasteiger partial charge in [-0.3, -0.25) is 9.59 Å². The van der Waals surface area contributed by atoms with Crippen molar-refractivity contribution in [2.75, 3.05) is 4.90 Å². The van der Waals surface area contributed by atoms with E-state index in [9.17, 15) is 27.9 Å². The molecule has 2 amide bonds. The highest BCUT2D eigenvalue weighted by Crippen LogP contribution is 2.50. The van der Waals surface area contributed by atoms with Crippen molar-refractivity contribution >= 4 is 51.7 Å². The van der Waals surface area contributed by atoms with E-state index in [0.717, 1.165) is 30.3 Å². The third-order valence-electron chi connectivity index (χ3n) is 5.99. The van der Waals surface area contributed by atoms with E-state index in [4.69, 9.17) is 17.3 Å². The molecule has 0 aliphatic rings. The van der Waals surface area contributed by atoms with Crippen LogP contribution in [0.15, 0.2) is 60.7 Å². The number of nitrogens with two attached hydrogens (primary N) is 1. The van der Waals surface area contributed by atoms with Gasteiger partial charge in [0.2, 0.25) is 5.91 Å². The van der Waals surface area contributed by atoms with Crippen molar-refractivity contribution in [2.45, 2.75) is 44.7 Å². The minimum absolute atomic E-state index is 0.0255. The van der Waals surface area contributed by atoms with Crippen LogP contribution in [-0.2, 0) is 5.60 Å². The Morgan fingerprint density at radius 2 is 1.62 bits per heavy atom. The summed E-state index contributed by atoms with van der Waals surface area (Å²) < 4.78 is 77.4. The van der Waals surface area contributed by atoms with Crippen LogP contribution in [0.25, 0.3) is 0 Å². The van der Waals surface area contributed by atoms with Gasteiger partial charge in [-0.05, 0) is 91.4 Å². The largest absolute Gasteiger partial charge is 0.441 e. The molecular formula is C27H23ClF5IN2O4. The molecule has 0 aliphatic heterocycles. The molecule has 0 radical (unpaired) electrons. The SMILES string of the molecule is Cc1cc(C(O)(C(F)(F)F)C(F)(F)Oc2ccc(Cl)cc2)ccc1N(C(=O)c1c(I)cccc1C(N)=O)C(C)C. The summed E-state index contributed by atoms with van der Waals surface area (Å²) in [4.78, 5) is 26.8. The second-order valence-electron chi connectivity index (χ2n) is 9.08. The molecule has 3 N–H and O–H groups in total. The van der Waals surface area contributed by atoms with E-state index in [1.807, 2.05) is 22.6 Å². The number of nitrogens with zero attached hydrogens (tertiary/aromatic N) is 1. The first kappa shape index (κ1) is 31.6. The van der Waals surface area contributed by atoms with Crippen LogP contribution in [0.1, 0.15) is 45.7 Å². The lowest BCUT2D eigenvalue weighted by Crippen LogP contribution is -2.58. The molecule has 0 spiro atoms. The van der Waals surface area contributed by atoms with Crippen molar-refractivity contribution in [1.82, 2.24) is 0 Å². The standard InChI is InChI=1S/C27H23ClF5IN2O4/c1-14(2)36(24(38)22-19(23(35)37)5-4-6-20(22)34)21-12-7-16(13-15(21)3)25(39,26(29,30)31)27(32,33)40-18-10-8-17(28)9-11-18/h4-14,39H,1-3H3,(H2,35,37). The van der Waals surface area contributed by atoms with Crippen LogP contribution in [0.5, 0.6) is 5.75 Å². The van der Waals surface area contributed by atoms with Crippen molar-refractivity contribution in [2.24, 2.45) is 5.73 Å². The fourth-order valence-corrected chi connectivity index (χ4v) is 4.92. The Morgan fingerprint density at radius 3 is 2.12 bits per heavy atom. The minimum atomic E-state index is -5.89. The second-order valence-corrected chi connectivity index (χ2v) is 10.7. The summed E-state index contributed by atoms with van der Waals surface area (Å²) in [5, 5.41) is 10.7. The van der Waals surface area contributed by atoms with Gasteiger partial charge in [0.25, 0.3) is 11.5 Å². The molecule has 1 unspecified atom stereocenters. The maximum absolute atomic E-state index is 15.1. The zero-order chi connectivity index (χ0) is 30.2. The number of hydrogen-bond donors (Lipinski definition) is 2. The number of alkyl halides is 5. The Bertz CT molecular complexity index is 1430. The van der Waals surface area contributed by atoms with E-state index in [-0.39, 0.29) is 27.4 Å². The molecule has 1 atom stereocenters. The van der Waals surface area contributed by atoms with Gasteiger partial charge in [0.05, 0.1) is 11.1 Å². The quantitative estimate of drug-likeness (QED) is 0.200. The molecule has 0 aromatic heterocycles. The van der Waals surface area contributed by atoms with Gasteiger partial charge in [0, 0.05) is 25.9 Å². The highest BCUT2D eigenvalue weighted by atomic mass is 127. The Morgan fingerprint density at radius 1 is 1.02 bits per heavy atom. The lowest BCUT2D eigenvalue weighted by molar-refractivity contribution is -0.390. The van der Waals surface area contributed by atoms with E-state index < -0.39 is 47.1 Å². The van der Waals surface area contributed by atoms with Gasteiger partial charge in [0.1, 0.15) is 5.75 Å². The average Bonchev–Trinajstić information content (AvgIpc) is 2.84. The van der Waals surface area contributed by atoms with Gasteiger partial charge in [-0.15, -0.1) is 0 Å². The third kappa shape index (κ3) is 5.88. The van der Waals surface area contributed by atoms with Crippen LogP contribution >= 0.6 is 34.2 Å². The highest BCUT2D eigenvalue weighted by molar-refractivity contribution is 14.1. The molecule has 0 bridgehead atoms. The molecule has 3 aromatic rings. The monoisotopic (exact) mass is 696 g/mol. The fourth-order valence-electron chi connectivity index (χ4n) is 4.06. The number of carbonyl (C=O) groups excluding carboxylic acids is 2. The van der Waals surface area contributed by atoms with Gasteiger partial charge in [-0.1, -0.05) is 29.8 Å². The average molecular weight is 697 g/mol. The van der Waals surface area contributed by atoms with Crippen molar-refractivity contribution in [1.29, 1.82) is 0 Å². The molecule has 0 saturated carbocycles. The summed E-state index contributed by atoms with van der Waals surface area (Å²) >= 11 is 7.54. The molecule has 0 saturated heterocycles. The van der Waals surface area contributed by atoms with E-state index in [1.165, 1.54) is 24.0 Å². The molecule has 0 heterocycles. The zero-order valence-corrected chi connectivity index (χ0v) is 24.1. The number of halogens is 7. The first-order valence-electron chi connectivity index (χ1n) is 11.6. The van der Waals surface area contributed by atoms with Gasteiger partial charge in [-0.2, -0.15) is 22.0 Å². The van der Waals surface area contributed by atoms with E-state index >= 15 is 8.78 Å². The Kier molecular flexibility index (Phi) is 9.06. The van der Waals surface area contributed by atoms with E-state index in [0.29, 0.717) is 15.7 Å². The first-order chi connectivity index (χ1) is 18.4. The van der Waals surface area contributed by atoms with Crippen LogP contribution in [0.2, 0.25) is 5.02 Å². The first-order valence-corrected chi connectivity index (χ1v) is 13.0. The highest BCUT2D eigenvalue weighted by Gasteiger charge is 2.72. The minimum Gasteiger partial charge on any atom is -0.430 e. The normalized spacial score (nSPS) is 13.6.